The first kappa shape index (κ1) is 34.0. The number of ether oxygens (including phenoxy) is 1. The number of para-hydroxylation sites is 1. The van der Waals surface area contributed by atoms with Crippen molar-refractivity contribution in [3.05, 3.63) is 53.1 Å². The number of nitrogens with zero attached hydrogens (tertiary/aromatic N) is 1. The Balaban J connectivity index is 1.47. The number of hydrogen-bond donors (Lipinski definition) is 4. The Hall–Kier alpha value is -3.31. The molecule has 3 aliphatic carbocycles. The van der Waals surface area contributed by atoms with Gasteiger partial charge in [0, 0.05) is 47.7 Å². The van der Waals surface area contributed by atoms with Gasteiger partial charge < -0.3 is 25.6 Å². The fourth-order valence-corrected chi connectivity index (χ4v) is 8.25. The Morgan fingerprint density at radius 1 is 1.15 bits per heavy atom. The van der Waals surface area contributed by atoms with Crippen LogP contribution in [0.15, 0.2) is 36.4 Å². The van der Waals surface area contributed by atoms with Crippen molar-refractivity contribution in [2.24, 2.45) is 29.1 Å². The van der Waals surface area contributed by atoms with Crippen LogP contribution in [0.3, 0.4) is 0 Å². The van der Waals surface area contributed by atoms with Crippen molar-refractivity contribution in [3.8, 4) is 16.9 Å². The molecule has 6 rings (SSSR count). The summed E-state index contributed by atoms with van der Waals surface area (Å²) in [6, 6.07) is 9.81. The molecule has 0 aromatic heterocycles. The highest BCUT2D eigenvalue weighted by atomic mass is 16.7. The zero-order valence-corrected chi connectivity index (χ0v) is 28.0. The predicted octanol–water partition coefficient (Wildman–Crippen LogP) is 3.98. The first-order valence-electron chi connectivity index (χ1n) is 16.4. The number of benzene rings is 2. The molecule has 1 heterocycles. The third kappa shape index (κ3) is 6.08. The second-order valence-electron chi connectivity index (χ2n) is 13.9. The van der Waals surface area contributed by atoms with Gasteiger partial charge in [-0.2, -0.15) is 5.06 Å². The number of Topliss-reactive ketones (excluding diaryl/α,β-unsaturated/α-hetero) is 1. The summed E-state index contributed by atoms with van der Waals surface area (Å²) >= 11 is 0. The van der Waals surface area contributed by atoms with E-state index in [0.29, 0.717) is 57.7 Å². The van der Waals surface area contributed by atoms with Crippen LogP contribution in [-0.4, -0.2) is 77.9 Å². The van der Waals surface area contributed by atoms with Crippen molar-refractivity contribution in [2.75, 3.05) is 20.8 Å². The van der Waals surface area contributed by atoms with E-state index in [4.69, 9.17) is 9.57 Å². The number of carbonyl (C=O) groups excluding carboxylic acids is 3. The quantitative estimate of drug-likeness (QED) is 0.272. The van der Waals surface area contributed by atoms with Gasteiger partial charge in [-0.3, -0.25) is 19.2 Å². The maximum atomic E-state index is 14.1. The summed E-state index contributed by atoms with van der Waals surface area (Å²) < 4.78 is 5.92. The van der Waals surface area contributed by atoms with Gasteiger partial charge in [-0.05, 0) is 66.7 Å². The maximum Gasteiger partial charge on any atom is 0.251 e. The molecule has 1 saturated heterocycles. The number of ketones is 1. The van der Waals surface area contributed by atoms with Crippen LogP contribution in [0.25, 0.3) is 11.1 Å². The highest BCUT2D eigenvalue weighted by molar-refractivity contribution is 6.02. The lowest BCUT2D eigenvalue weighted by molar-refractivity contribution is -0.183. The summed E-state index contributed by atoms with van der Waals surface area (Å²) in [5, 5.41) is 28.5. The summed E-state index contributed by atoms with van der Waals surface area (Å²) in [5.41, 5.74) is 3.06. The van der Waals surface area contributed by atoms with E-state index in [1.165, 1.54) is 6.42 Å². The minimum atomic E-state index is -0.913. The molecule has 4 N–H and O–H groups in total. The Morgan fingerprint density at radius 3 is 2.46 bits per heavy atom. The standard InChI is InChI=1S/C36H49N3O7/c1-8-29(42)23-12-22(13-24(14-23)34(43)37-6)26-11-9-10-21(33(26)45-7)17-39-32(31(20(3)41)30(18-40)46-39)35(44)38-28-16-25-15-27(19(28)2)36(25,4)5/h9-14,19-20,25,27-28,30-32,40-41H,8,15-18H2,1-7H3,(H,37,43)(H,38,44)/t19-,20-,25+,27-,28-,30-,31+,32-/m0/s1. The number of hydrogen-bond acceptors (Lipinski definition) is 8. The summed E-state index contributed by atoms with van der Waals surface area (Å²) in [7, 11) is 3.09. The molecule has 2 amide bonds. The molecule has 2 bridgehead atoms. The molecule has 0 unspecified atom stereocenters. The molecule has 0 radical (unpaired) electrons. The maximum absolute atomic E-state index is 14.1. The summed E-state index contributed by atoms with van der Waals surface area (Å²) in [6.45, 7) is 10.0. The molecule has 4 fully saturated rings. The number of carbonyl (C=O) groups is 3. The monoisotopic (exact) mass is 635 g/mol. The van der Waals surface area contributed by atoms with Crippen LogP contribution in [0.5, 0.6) is 5.75 Å². The van der Waals surface area contributed by atoms with Crippen LogP contribution in [0.1, 0.15) is 80.2 Å². The van der Waals surface area contributed by atoms with E-state index >= 15 is 0 Å². The third-order valence-electron chi connectivity index (χ3n) is 11.1. The molecule has 4 aliphatic rings. The van der Waals surface area contributed by atoms with E-state index in [1.54, 1.807) is 51.3 Å². The van der Waals surface area contributed by atoms with Crippen LogP contribution in [0.2, 0.25) is 0 Å². The fourth-order valence-electron chi connectivity index (χ4n) is 8.25. The predicted molar refractivity (Wildman–Crippen MR) is 174 cm³/mol. The summed E-state index contributed by atoms with van der Waals surface area (Å²) in [5.74, 6) is 0.651. The number of methoxy groups -OCH3 is 1. The molecular formula is C36H49N3O7. The number of rotatable bonds is 11. The number of fused-ring (bicyclic) bond motifs is 2. The van der Waals surface area contributed by atoms with Crippen molar-refractivity contribution >= 4 is 17.6 Å². The zero-order chi connectivity index (χ0) is 33.5. The zero-order valence-electron chi connectivity index (χ0n) is 28.0. The highest BCUT2D eigenvalue weighted by Gasteiger charge is 2.57. The van der Waals surface area contributed by atoms with Crippen molar-refractivity contribution in [1.29, 1.82) is 0 Å². The topological polar surface area (TPSA) is 137 Å². The second kappa shape index (κ2) is 13.4. The molecule has 10 heteroatoms. The lowest BCUT2D eigenvalue weighted by Crippen LogP contribution is -2.62. The van der Waals surface area contributed by atoms with Crippen LogP contribution >= 0.6 is 0 Å². The largest absolute Gasteiger partial charge is 0.496 e. The number of aliphatic hydroxyl groups is 2. The van der Waals surface area contributed by atoms with E-state index in [1.807, 2.05) is 18.2 Å². The van der Waals surface area contributed by atoms with Crippen LogP contribution in [0.4, 0.5) is 0 Å². The number of aliphatic hydroxyl groups excluding tert-OH is 2. The smallest absolute Gasteiger partial charge is 0.251 e. The molecule has 1 aliphatic heterocycles. The molecule has 0 spiro atoms. The first-order chi connectivity index (χ1) is 21.9. The van der Waals surface area contributed by atoms with Gasteiger partial charge in [0.2, 0.25) is 5.91 Å². The van der Waals surface area contributed by atoms with Gasteiger partial charge in [-0.25, -0.2) is 0 Å². The Labute approximate surface area is 271 Å². The van der Waals surface area contributed by atoms with Crippen LogP contribution < -0.4 is 15.4 Å². The molecule has 2 aromatic carbocycles. The first-order valence-corrected chi connectivity index (χ1v) is 16.4. The van der Waals surface area contributed by atoms with Crippen LogP contribution in [0, 0.1) is 29.1 Å². The van der Waals surface area contributed by atoms with Crippen molar-refractivity contribution in [3.63, 3.8) is 0 Å². The minimum Gasteiger partial charge on any atom is -0.496 e. The van der Waals surface area contributed by atoms with Gasteiger partial charge in [0.15, 0.2) is 5.78 Å². The molecular weight excluding hydrogens is 586 g/mol. The summed E-state index contributed by atoms with van der Waals surface area (Å²) in [6.07, 6.45) is 0.717. The minimum absolute atomic E-state index is 0.0273. The summed E-state index contributed by atoms with van der Waals surface area (Å²) in [4.78, 5) is 45.6. The fraction of sp³-hybridized carbons (Fsp3) is 0.583. The van der Waals surface area contributed by atoms with E-state index < -0.39 is 24.2 Å². The SMILES string of the molecule is CCC(=O)c1cc(C(=O)NC)cc(-c2cccc(CN3O[C@@H](CO)[C@@H]([C@H](C)O)[C@H]3C(=O)N[C@H]3C[C@H]4C[C@@H]([C@@H]3C)C4(C)C)c2OC)c1. The van der Waals surface area contributed by atoms with E-state index in [9.17, 15) is 24.6 Å². The van der Waals surface area contributed by atoms with Crippen LogP contribution in [-0.2, 0) is 16.2 Å². The lowest BCUT2D eigenvalue weighted by Gasteiger charge is -2.62. The Kier molecular flexibility index (Phi) is 9.94. The van der Waals surface area contributed by atoms with E-state index in [2.05, 4.69) is 31.4 Å². The molecule has 2 aromatic rings. The lowest BCUT2D eigenvalue weighted by atomic mass is 9.45. The van der Waals surface area contributed by atoms with Crippen molar-refractivity contribution in [1.82, 2.24) is 15.7 Å². The van der Waals surface area contributed by atoms with E-state index in [-0.39, 0.29) is 42.2 Å². The molecule has 250 valence electrons. The number of nitrogens with one attached hydrogen (secondary N) is 2. The molecule has 46 heavy (non-hydrogen) atoms. The Bertz CT molecular complexity index is 1440. The van der Waals surface area contributed by atoms with Gasteiger partial charge in [0.05, 0.1) is 26.4 Å². The van der Waals surface area contributed by atoms with Gasteiger partial charge in [0.25, 0.3) is 5.91 Å². The average Bonchev–Trinajstić information content (AvgIpc) is 3.42. The molecule has 3 saturated carbocycles. The van der Waals surface area contributed by atoms with Gasteiger partial charge in [-0.1, -0.05) is 45.9 Å². The Morgan fingerprint density at radius 2 is 1.87 bits per heavy atom. The normalized spacial score (nSPS) is 29.0. The van der Waals surface area contributed by atoms with Gasteiger partial charge in [-0.15, -0.1) is 0 Å². The van der Waals surface area contributed by atoms with E-state index in [0.717, 1.165) is 6.42 Å². The average molecular weight is 636 g/mol. The third-order valence-corrected chi connectivity index (χ3v) is 11.1. The molecule has 8 atom stereocenters. The second-order valence-corrected chi connectivity index (χ2v) is 13.9. The van der Waals surface area contributed by atoms with Crippen molar-refractivity contribution in [2.45, 2.75) is 84.7 Å². The van der Waals surface area contributed by atoms with Gasteiger partial charge >= 0.3 is 0 Å². The highest BCUT2D eigenvalue weighted by Crippen LogP contribution is 2.61. The van der Waals surface area contributed by atoms with Crippen molar-refractivity contribution < 1.29 is 34.2 Å². The number of amides is 2. The number of hydroxylamine groups is 2. The van der Waals surface area contributed by atoms with Gasteiger partial charge in [0.1, 0.15) is 17.9 Å². The molecule has 10 nitrogen and oxygen atoms in total.